The van der Waals surface area contributed by atoms with E-state index in [0.717, 1.165) is 12.0 Å². The van der Waals surface area contributed by atoms with Gasteiger partial charge in [-0.1, -0.05) is 30.3 Å². The second kappa shape index (κ2) is 10.7. The van der Waals surface area contributed by atoms with E-state index in [-0.39, 0.29) is 18.1 Å². The molecule has 1 aromatic carbocycles. The fourth-order valence-electron chi connectivity index (χ4n) is 2.82. The minimum absolute atomic E-state index is 0.0486. The molecule has 1 aliphatic rings. The number of ether oxygens (including phenoxy) is 1. The number of terminal acetylenes is 1. The van der Waals surface area contributed by atoms with Crippen molar-refractivity contribution >= 4 is 23.4 Å². The minimum Gasteiger partial charge on any atom is -0.398 e. The lowest BCUT2D eigenvalue weighted by Gasteiger charge is -2.15. The van der Waals surface area contributed by atoms with Gasteiger partial charge in [-0.2, -0.15) is 0 Å². The number of aromatic nitrogens is 1. The van der Waals surface area contributed by atoms with Gasteiger partial charge < -0.3 is 21.5 Å². The number of nitrogen functional groups attached to an aromatic ring is 1. The van der Waals surface area contributed by atoms with Gasteiger partial charge in [0, 0.05) is 24.6 Å². The molecule has 3 rings (SSSR count). The highest BCUT2D eigenvalue weighted by Crippen LogP contribution is 2.17. The van der Waals surface area contributed by atoms with Crippen LogP contribution in [0.4, 0.5) is 16.3 Å². The standard InChI is InChI=1S/C19H24N6O2.C2H2/c1-12(13-5-3-2-4-6-13)23-19(26)25-17-9-16(20)15(10-22-17)18(21)24-14-7-8-27-11-14;1-2/h2-6,9-10,12,14H,7-8,11H2,1H3,(H2,21,24)(H4,20,22,23,25,26);1-2H/t12-,14+;/m1./s1. The highest BCUT2D eigenvalue weighted by molar-refractivity contribution is 6.02. The van der Waals surface area contributed by atoms with Crippen LogP contribution in [0.25, 0.3) is 0 Å². The quantitative estimate of drug-likeness (QED) is 0.351. The Labute approximate surface area is 170 Å². The number of anilines is 2. The highest BCUT2D eigenvalue weighted by Gasteiger charge is 2.16. The molecule has 0 saturated carbocycles. The zero-order valence-corrected chi connectivity index (χ0v) is 16.3. The van der Waals surface area contributed by atoms with E-state index in [4.69, 9.17) is 16.2 Å². The summed E-state index contributed by atoms with van der Waals surface area (Å²) in [5, 5.41) is 5.54. The molecule has 0 spiro atoms. The fraction of sp³-hybridized carbons (Fsp3) is 0.286. The fourth-order valence-corrected chi connectivity index (χ4v) is 2.82. The van der Waals surface area contributed by atoms with E-state index < -0.39 is 0 Å². The maximum Gasteiger partial charge on any atom is 0.320 e. The summed E-state index contributed by atoms with van der Waals surface area (Å²) in [5.74, 6) is 0.662. The molecule has 0 unspecified atom stereocenters. The van der Waals surface area contributed by atoms with Crippen molar-refractivity contribution < 1.29 is 9.53 Å². The number of benzene rings is 1. The zero-order valence-electron chi connectivity index (χ0n) is 16.3. The molecule has 29 heavy (non-hydrogen) atoms. The Morgan fingerprint density at radius 3 is 2.69 bits per heavy atom. The summed E-state index contributed by atoms with van der Waals surface area (Å²) in [6, 6.07) is 10.8. The normalized spacial score (nSPS) is 16.9. The van der Waals surface area contributed by atoms with Gasteiger partial charge in [-0.15, -0.1) is 12.8 Å². The van der Waals surface area contributed by atoms with Gasteiger partial charge in [0.25, 0.3) is 0 Å². The first-order chi connectivity index (χ1) is 14.0. The van der Waals surface area contributed by atoms with Crippen molar-refractivity contribution in [1.29, 1.82) is 0 Å². The predicted molar refractivity (Wildman–Crippen MR) is 115 cm³/mol. The Kier molecular flexibility index (Phi) is 8.00. The number of hydrogen-bond acceptors (Lipinski definition) is 5. The Balaban J connectivity index is 0.00000145. The lowest BCUT2D eigenvalue weighted by Crippen LogP contribution is -2.31. The van der Waals surface area contributed by atoms with Crippen molar-refractivity contribution in [3.05, 3.63) is 53.7 Å². The zero-order chi connectivity index (χ0) is 21.2. The number of carbonyl (C=O) groups excluding carboxylic acids is 1. The van der Waals surface area contributed by atoms with Crippen molar-refractivity contribution in [2.75, 3.05) is 24.3 Å². The summed E-state index contributed by atoms with van der Waals surface area (Å²) in [6.07, 6.45) is 10.4. The molecule has 2 amide bonds. The van der Waals surface area contributed by atoms with Crippen molar-refractivity contribution in [1.82, 2.24) is 10.3 Å². The average Bonchev–Trinajstić information content (AvgIpc) is 3.23. The van der Waals surface area contributed by atoms with Crippen molar-refractivity contribution in [3.63, 3.8) is 0 Å². The van der Waals surface area contributed by atoms with E-state index in [1.54, 1.807) is 6.07 Å². The van der Waals surface area contributed by atoms with Crippen LogP contribution in [0.5, 0.6) is 0 Å². The third-order valence-corrected chi connectivity index (χ3v) is 4.33. The van der Waals surface area contributed by atoms with Crippen molar-refractivity contribution in [2.24, 2.45) is 10.7 Å². The van der Waals surface area contributed by atoms with E-state index in [1.165, 1.54) is 6.20 Å². The van der Waals surface area contributed by atoms with E-state index >= 15 is 0 Å². The molecule has 1 fully saturated rings. The van der Waals surface area contributed by atoms with E-state index in [0.29, 0.717) is 36.1 Å². The van der Waals surface area contributed by atoms with Crippen LogP contribution in [0.3, 0.4) is 0 Å². The number of rotatable bonds is 5. The highest BCUT2D eigenvalue weighted by atomic mass is 16.5. The Hall–Kier alpha value is -3.57. The van der Waals surface area contributed by atoms with Gasteiger partial charge in [0.05, 0.1) is 24.3 Å². The number of urea groups is 1. The molecule has 2 heterocycles. The first kappa shape index (κ1) is 21.7. The van der Waals surface area contributed by atoms with Crippen molar-refractivity contribution in [3.8, 4) is 12.8 Å². The molecule has 8 nitrogen and oxygen atoms in total. The van der Waals surface area contributed by atoms with Crippen molar-refractivity contribution in [2.45, 2.75) is 25.4 Å². The number of amides is 2. The van der Waals surface area contributed by atoms with E-state index in [2.05, 4.69) is 33.5 Å². The van der Waals surface area contributed by atoms with Crippen LogP contribution in [0.15, 0.2) is 47.6 Å². The molecule has 152 valence electrons. The van der Waals surface area contributed by atoms with Gasteiger partial charge in [0.1, 0.15) is 11.7 Å². The monoisotopic (exact) mass is 394 g/mol. The molecular weight excluding hydrogens is 368 g/mol. The number of aliphatic imine (C=N–C) groups is 1. The molecule has 0 bridgehead atoms. The van der Waals surface area contributed by atoms with E-state index in [1.807, 2.05) is 37.3 Å². The second-order valence-corrected chi connectivity index (χ2v) is 6.42. The Morgan fingerprint density at radius 2 is 2.07 bits per heavy atom. The summed E-state index contributed by atoms with van der Waals surface area (Å²) in [7, 11) is 0. The molecule has 0 radical (unpaired) electrons. The number of pyridine rings is 1. The van der Waals surface area contributed by atoms with Gasteiger partial charge in [-0.25, -0.2) is 9.78 Å². The third-order valence-electron chi connectivity index (χ3n) is 4.33. The van der Waals surface area contributed by atoms with Crippen LogP contribution in [0.2, 0.25) is 0 Å². The summed E-state index contributed by atoms with van der Waals surface area (Å²) < 4.78 is 5.29. The molecule has 8 heteroatoms. The second-order valence-electron chi connectivity index (χ2n) is 6.42. The SMILES string of the molecule is C#C.C[C@@H](NC(=O)Nc1cc(N)c(C(N)=N[C@H]2CCOC2)cn1)c1ccccc1. The topological polar surface area (TPSA) is 128 Å². The van der Waals surface area contributed by atoms with Gasteiger partial charge in [0.15, 0.2) is 0 Å². The molecule has 1 saturated heterocycles. The molecule has 1 aliphatic heterocycles. The van der Waals surface area contributed by atoms with Gasteiger partial charge in [0.2, 0.25) is 0 Å². The smallest absolute Gasteiger partial charge is 0.320 e. The average molecular weight is 394 g/mol. The maximum atomic E-state index is 12.2. The van der Waals surface area contributed by atoms with Crippen LogP contribution in [-0.4, -0.2) is 36.1 Å². The minimum atomic E-state index is -0.365. The maximum absolute atomic E-state index is 12.2. The molecule has 2 atom stereocenters. The van der Waals surface area contributed by atoms with Crippen LogP contribution < -0.4 is 22.1 Å². The molecule has 0 aliphatic carbocycles. The first-order valence-corrected chi connectivity index (χ1v) is 9.15. The van der Waals surface area contributed by atoms with Crippen LogP contribution in [0.1, 0.15) is 30.5 Å². The number of hydrogen-bond donors (Lipinski definition) is 4. The summed E-state index contributed by atoms with van der Waals surface area (Å²) >= 11 is 0. The van der Waals surface area contributed by atoms with Crippen LogP contribution in [0, 0.1) is 12.8 Å². The summed E-state index contributed by atoms with van der Waals surface area (Å²) in [4.78, 5) is 20.8. The molecule has 2 aromatic rings. The van der Waals surface area contributed by atoms with Gasteiger partial charge in [-0.3, -0.25) is 10.3 Å². The number of nitrogens with one attached hydrogen (secondary N) is 2. The molecular formula is C21H26N6O2. The first-order valence-electron chi connectivity index (χ1n) is 9.15. The number of amidine groups is 1. The summed E-state index contributed by atoms with van der Waals surface area (Å²) in [5.41, 5.74) is 14.0. The van der Waals surface area contributed by atoms with Crippen LogP contribution in [-0.2, 0) is 4.74 Å². The molecule has 6 N–H and O–H groups in total. The largest absolute Gasteiger partial charge is 0.398 e. The van der Waals surface area contributed by atoms with Gasteiger partial charge in [-0.05, 0) is 18.9 Å². The Morgan fingerprint density at radius 1 is 1.34 bits per heavy atom. The predicted octanol–water partition coefficient (Wildman–Crippen LogP) is 2.29. The Bertz CT molecular complexity index is 860. The lowest BCUT2D eigenvalue weighted by molar-refractivity contribution is 0.194. The molecule has 1 aromatic heterocycles. The third kappa shape index (κ3) is 6.23. The van der Waals surface area contributed by atoms with Crippen LogP contribution >= 0.6 is 0 Å². The lowest BCUT2D eigenvalue weighted by atomic mass is 10.1. The van der Waals surface area contributed by atoms with Gasteiger partial charge >= 0.3 is 6.03 Å². The van der Waals surface area contributed by atoms with E-state index in [9.17, 15) is 4.79 Å². The number of carbonyl (C=O) groups is 1. The number of nitrogens with two attached hydrogens (primary N) is 2. The summed E-state index contributed by atoms with van der Waals surface area (Å²) in [6.45, 7) is 3.16. The number of nitrogens with zero attached hydrogens (tertiary/aromatic N) is 2.